The first-order valence-corrected chi connectivity index (χ1v) is 14.7. The van der Waals surface area contributed by atoms with Gasteiger partial charge < -0.3 is 70.8 Å². The molecule has 0 bridgehead atoms. The van der Waals surface area contributed by atoms with Crippen molar-refractivity contribution in [2.75, 3.05) is 19.8 Å². The maximum absolute atomic E-state index is 13.1. The summed E-state index contributed by atoms with van der Waals surface area (Å²) < 4.78 is 0. The van der Waals surface area contributed by atoms with Crippen LogP contribution in [0.25, 0.3) is 0 Å². The van der Waals surface area contributed by atoms with Crippen LogP contribution in [0.2, 0.25) is 0 Å². The molecule has 0 aliphatic rings. The number of hydrogen-bond acceptors (Lipinski definition) is 13. The summed E-state index contributed by atoms with van der Waals surface area (Å²) in [5, 5.41) is 32.4. The van der Waals surface area contributed by atoms with Crippen molar-refractivity contribution in [3.05, 3.63) is 0 Å². The first-order chi connectivity index (χ1) is 22.4. The van der Waals surface area contributed by atoms with Crippen molar-refractivity contribution in [1.29, 1.82) is 0 Å². The van der Waals surface area contributed by atoms with E-state index >= 15 is 0 Å². The number of hydrogen-bond donors (Lipinski definition) is 13. The summed E-state index contributed by atoms with van der Waals surface area (Å²) in [5.41, 5.74) is 26.5. The number of carbonyl (C=O) groups excluding carboxylic acids is 9. The molecular weight excluding hydrogens is 642 g/mol. The molecule has 0 unspecified atom stereocenters. The first kappa shape index (κ1) is 43.1. The van der Waals surface area contributed by atoms with Gasteiger partial charge in [-0.05, 0) is 39.7 Å². The topological polar surface area (TPSA) is 396 Å². The standard InChI is InChI=1S/C26H47N11O11/c1-11(28)21(43)33-13(5-3-4-6-27)22(44)36-17(10-39)26(48)35-14(7-18(29)40)23(45)34-15(8-19(30)41)24(46)37-16(9-38)25(47)32-12(2)20(31)42/h11-17,38-39H,3-10,27-28H2,1-2H3,(H2,29,40)(H2,30,41)(H2,31,42)(H,32,47)(H,33,43)(H,34,45)(H,35,48)(H,36,44)(H,37,46)/t11-,12-,13-,14-,15-,16-,17-/m0/s1. The fourth-order valence-corrected chi connectivity index (χ4v) is 3.75. The highest BCUT2D eigenvalue weighted by Gasteiger charge is 2.34. The molecule has 0 aromatic carbocycles. The predicted octanol–water partition coefficient (Wildman–Crippen LogP) is -8.39. The zero-order valence-corrected chi connectivity index (χ0v) is 26.7. The molecule has 22 heteroatoms. The fourth-order valence-electron chi connectivity index (χ4n) is 3.75. The Kier molecular flexibility index (Phi) is 19.5. The Labute approximate surface area is 275 Å². The average molecular weight is 690 g/mol. The highest BCUT2D eigenvalue weighted by Crippen LogP contribution is 2.04. The summed E-state index contributed by atoms with van der Waals surface area (Å²) >= 11 is 0. The molecule has 18 N–H and O–H groups in total. The van der Waals surface area contributed by atoms with Gasteiger partial charge in [-0.1, -0.05) is 0 Å². The van der Waals surface area contributed by atoms with Crippen LogP contribution in [0.3, 0.4) is 0 Å². The van der Waals surface area contributed by atoms with Gasteiger partial charge in [-0.25, -0.2) is 0 Å². The molecule has 272 valence electrons. The highest BCUT2D eigenvalue weighted by molar-refractivity contribution is 5.99. The summed E-state index contributed by atoms with van der Waals surface area (Å²) in [7, 11) is 0. The Morgan fingerprint density at radius 3 is 1.25 bits per heavy atom. The minimum Gasteiger partial charge on any atom is -0.394 e. The van der Waals surface area contributed by atoms with E-state index < -0.39 is 122 Å². The Morgan fingerprint density at radius 2 is 0.896 bits per heavy atom. The molecule has 0 saturated carbocycles. The summed E-state index contributed by atoms with van der Waals surface area (Å²) in [5.74, 6) is -9.44. The van der Waals surface area contributed by atoms with Gasteiger partial charge in [0.1, 0.15) is 36.3 Å². The Hall–Kier alpha value is -4.93. The number of nitrogens with one attached hydrogen (secondary N) is 6. The number of aliphatic hydroxyl groups excluding tert-OH is 2. The van der Waals surface area contributed by atoms with Crippen LogP contribution in [0.15, 0.2) is 0 Å². The average Bonchev–Trinajstić information content (AvgIpc) is 3.00. The summed E-state index contributed by atoms with van der Waals surface area (Å²) in [6.07, 6.45) is -0.725. The number of unbranched alkanes of at least 4 members (excludes halogenated alkanes) is 1. The van der Waals surface area contributed by atoms with Crippen molar-refractivity contribution < 1.29 is 53.4 Å². The molecule has 48 heavy (non-hydrogen) atoms. The quantitative estimate of drug-likeness (QED) is 0.0444. The van der Waals surface area contributed by atoms with Gasteiger partial charge in [0.05, 0.1) is 32.1 Å². The van der Waals surface area contributed by atoms with E-state index in [1.165, 1.54) is 13.8 Å². The van der Waals surface area contributed by atoms with Crippen molar-refractivity contribution in [3.8, 4) is 0 Å². The lowest BCUT2D eigenvalue weighted by Crippen LogP contribution is -2.61. The molecule has 0 aliphatic carbocycles. The minimum absolute atomic E-state index is 0.0975. The zero-order valence-electron chi connectivity index (χ0n) is 26.7. The van der Waals surface area contributed by atoms with Crippen molar-refractivity contribution in [3.63, 3.8) is 0 Å². The Morgan fingerprint density at radius 1 is 0.542 bits per heavy atom. The van der Waals surface area contributed by atoms with Gasteiger partial charge in [-0.3, -0.25) is 43.2 Å². The van der Waals surface area contributed by atoms with Crippen LogP contribution in [0.4, 0.5) is 0 Å². The number of rotatable bonds is 23. The van der Waals surface area contributed by atoms with E-state index in [0.717, 1.165) is 0 Å². The van der Waals surface area contributed by atoms with E-state index in [-0.39, 0.29) is 6.42 Å². The maximum Gasteiger partial charge on any atom is 0.245 e. The molecule has 0 aliphatic heterocycles. The van der Waals surface area contributed by atoms with Crippen LogP contribution in [0.1, 0.15) is 46.0 Å². The van der Waals surface area contributed by atoms with Gasteiger partial charge in [0, 0.05) is 0 Å². The summed E-state index contributed by atoms with van der Waals surface area (Å²) in [6, 6.07) is -10.4. The number of nitrogens with two attached hydrogens (primary N) is 5. The molecule has 22 nitrogen and oxygen atoms in total. The van der Waals surface area contributed by atoms with E-state index in [4.69, 9.17) is 28.7 Å². The van der Waals surface area contributed by atoms with E-state index in [9.17, 15) is 53.4 Å². The van der Waals surface area contributed by atoms with E-state index in [2.05, 4.69) is 31.9 Å². The van der Waals surface area contributed by atoms with Gasteiger partial charge in [0.2, 0.25) is 53.2 Å². The third-order valence-corrected chi connectivity index (χ3v) is 6.49. The van der Waals surface area contributed by atoms with Gasteiger partial charge in [-0.2, -0.15) is 0 Å². The second-order valence-electron chi connectivity index (χ2n) is 10.7. The van der Waals surface area contributed by atoms with Gasteiger partial charge >= 0.3 is 0 Å². The lowest BCUT2D eigenvalue weighted by Gasteiger charge is -2.26. The van der Waals surface area contributed by atoms with Crippen molar-refractivity contribution in [2.45, 2.75) is 88.2 Å². The molecular formula is C26H47N11O11. The minimum atomic E-state index is -1.84. The molecule has 0 rings (SSSR count). The fraction of sp³-hybridized carbons (Fsp3) is 0.654. The molecule has 0 spiro atoms. The van der Waals surface area contributed by atoms with Gasteiger partial charge in [-0.15, -0.1) is 0 Å². The second kappa shape index (κ2) is 21.8. The molecule has 0 aromatic heterocycles. The van der Waals surface area contributed by atoms with Crippen LogP contribution in [-0.2, 0) is 43.2 Å². The molecule has 0 fully saturated rings. The van der Waals surface area contributed by atoms with E-state index in [1.54, 1.807) is 0 Å². The Bertz CT molecular complexity index is 1180. The SMILES string of the molecule is C[C@H](N)C(=O)N[C@@H](CCCCN)C(=O)N[C@@H](CO)C(=O)N[C@@H](CC(N)=O)C(=O)N[C@@H](CC(N)=O)C(=O)N[C@@H](CO)C(=O)N[C@@H](C)C(N)=O. The number of aliphatic hydroxyl groups is 2. The molecule has 0 heterocycles. The van der Waals surface area contributed by atoms with Gasteiger partial charge in [0.25, 0.3) is 0 Å². The molecule has 0 radical (unpaired) electrons. The molecule has 0 aromatic rings. The first-order valence-electron chi connectivity index (χ1n) is 14.7. The van der Waals surface area contributed by atoms with Crippen molar-refractivity contribution in [2.24, 2.45) is 28.7 Å². The predicted molar refractivity (Wildman–Crippen MR) is 165 cm³/mol. The van der Waals surface area contributed by atoms with Crippen LogP contribution in [0, 0.1) is 0 Å². The number of carbonyl (C=O) groups is 9. The van der Waals surface area contributed by atoms with Crippen molar-refractivity contribution >= 4 is 53.2 Å². The molecule has 9 amide bonds. The normalized spacial score (nSPS) is 15.1. The van der Waals surface area contributed by atoms with E-state index in [1.807, 2.05) is 0 Å². The monoisotopic (exact) mass is 689 g/mol. The lowest BCUT2D eigenvalue weighted by molar-refractivity contribution is -0.137. The van der Waals surface area contributed by atoms with Crippen molar-refractivity contribution in [1.82, 2.24) is 31.9 Å². The summed E-state index contributed by atoms with van der Waals surface area (Å²) in [6.45, 7) is 0.914. The third kappa shape index (κ3) is 16.1. The van der Waals surface area contributed by atoms with Crippen LogP contribution in [0.5, 0.6) is 0 Å². The summed E-state index contributed by atoms with van der Waals surface area (Å²) in [4.78, 5) is 111. The van der Waals surface area contributed by atoms with Crippen LogP contribution >= 0.6 is 0 Å². The van der Waals surface area contributed by atoms with Gasteiger partial charge in [0.15, 0.2) is 0 Å². The van der Waals surface area contributed by atoms with Crippen LogP contribution < -0.4 is 60.6 Å². The smallest absolute Gasteiger partial charge is 0.245 e. The third-order valence-electron chi connectivity index (χ3n) is 6.49. The molecule has 0 saturated heterocycles. The molecule has 7 atom stereocenters. The maximum atomic E-state index is 13.1. The lowest BCUT2D eigenvalue weighted by atomic mass is 10.1. The Balaban J connectivity index is 5.91. The highest BCUT2D eigenvalue weighted by atomic mass is 16.3. The zero-order chi connectivity index (χ0) is 37.1. The second-order valence-corrected chi connectivity index (χ2v) is 10.7. The number of amides is 9. The van der Waals surface area contributed by atoms with Crippen LogP contribution in [-0.4, -0.2) is 125 Å². The van der Waals surface area contributed by atoms with E-state index in [0.29, 0.717) is 19.4 Å². The largest absolute Gasteiger partial charge is 0.394 e. The number of primary amides is 3.